The molecule has 0 spiro atoms. The Morgan fingerprint density at radius 1 is 0.962 bits per heavy atom. The van der Waals surface area contributed by atoms with Crippen LogP contribution in [0.3, 0.4) is 0 Å². The molecular weight excluding hydrogens is 747 g/mol. The predicted molar refractivity (Wildman–Crippen MR) is 168 cm³/mol. The lowest BCUT2D eigenvalue weighted by Gasteiger charge is -2.34. The van der Waals surface area contributed by atoms with Gasteiger partial charge in [0.15, 0.2) is 17.4 Å². The number of pyridine rings is 1. The van der Waals surface area contributed by atoms with Crippen LogP contribution in [0.2, 0.25) is 0 Å². The fourth-order valence-electron chi connectivity index (χ4n) is 6.29. The summed E-state index contributed by atoms with van der Waals surface area (Å²) in [7, 11) is -11.6. The van der Waals surface area contributed by atoms with Gasteiger partial charge in [-0.1, -0.05) is 0 Å². The Hall–Kier alpha value is -4.43. The highest BCUT2D eigenvalue weighted by molar-refractivity contribution is 7.70. The summed E-state index contributed by atoms with van der Waals surface area (Å²) < 4.78 is 72.5. The number of fused-ring (bicyclic) bond motifs is 2. The number of benzene rings is 1. The van der Waals surface area contributed by atoms with Gasteiger partial charge in [-0.2, -0.15) is 0 Å². The molecule has 3 aliphatic rings. The number of nitrogens with two attached hydrogens (primary N) is 1. The number of imide groups is 1. The lowest BCUT2D eigenvalue weighted by atomic mass is 9.92. The van der Waals surface area contributed by atoms with E-state index in [1.807, 2.05) is 5.32 Å². The van der Waals surface area contributed by atoms with Gasteiger partial charge in [-0.15, -0.1) is 0 Å². The molecule has 1 aliphatic carbocycles. The minimum atomic E-state index is -5.79. The standard InChI is InChI=1S/C28H31F3N6O13P2/c1-10(32)24(39)34-25(40)11(2)37(27(43)50-28(51(44,45)46)52(47,48)49)20-14-7-35(8-15(14)20)23-18(31)6-13-21(38)16(26(41)42)9-36(22(13)33-23)19-4-3-12(29)5-17(19)30/h3-6,10-11,14-16,20,28H,7-9,32H2,1-2H3,(H,41,42)(H,34,39,40)(H2,44,45,46)(H2,47,48,49)/t10-,11?,14-,15+,16?,20+/m0/s1. The van der Waals surface area contributed by atoms with Crippen molar-refractivity contribution in [3.63, 3.8) is 0 Å². The second kappa shape index (κ2) is 13.8. The van der Waals surface area contributed by atoms with Crippen molar-refractivity contribution in [2.45, 2.75) is 37.6 Å². The molecule has 3 amide bonds. The molecule has 5 rings (SSSR count). The summed E-state index contributed by atoms with van der Waals surface area (Å²) in [6.07, 6.45) is -1.74. The molecular formula is C28H31F3N6O13P2. The number of aliphatic carboxylic acids is 1. The largest absolute Gasteiger partial charge is 0.481 e. The number of carbonyl (C=O) groups is 5. The zero-order valence-corrected chi connectivity index (χ0v) is 28.7. The van der Waals surface area contributed by atoms with Crippen LogP contribution < -0.4 is 20.9 Å². The van der Waals surface area contributed by atoms with Crippen molar-refractivity contribution < 1.29 is 75.7 Å². The molecule has 8 N–H and O–H groups in total. The van der Waals surface area contributed by atoms with Gasteiger partial charge in [-0.05, 0) is 32.0 Å². The summed E-state index contributed by atoms with van der Waals surface area (Å²) in [6.45, 7) is 1.41. The van der Waals surface area contributed by atoms with Gasteiger partial charge in [0, 0.05) is 43.6 Å². The number of amides is 3. The van der Waals surface area contributed by atoms with E-state index < -0.39 is 122 Å². The Kier molecular flexibility index (Phi) is 10.3. The zero-order valence-electron chi connectivity index (χ0n) is 26.9. The van der Waals surface area contributed by atoms with Gasteiger partial charge in [0.25, 0.3) is 0 Å². The van der Waals surface area contributed by atoms with Crippen LogP contribution in [-0.2, 0) is 28.3 Å². The van der Waals surface area contributed by atoms with E-state index in [-0.39, 0.29) is 24.6 Å². The first-order chi connectivity index (χ1) is 24.0. The van der Waals surface area contributed by atoms with E-state index in [9.17, 15) is 66.6 Å². The molecule has 282 valence electrons. The van der Waals surface area contributed by atoms with E-state index in [4.69, 9.17) is 5.73 Å². The second-order valence-electron chi connectivity index (χ2n) is 12.5. The third-order valence-corrected chi connectivity index (χ3v) is 12.0. The summed E-state index contributed by atoms with van der Waals surface area (Å²) in [5.74, 6) is -11.7. The predicted octanol–water partition coefficient (Wildman–Crippen LogP) is 0.425. The average Bonchev–Trinajstić information content (AvgIpc) is 3.47. The monoisotopic (exact) mass is 778 g/mol. The molecule has 52 heavy (non-hydrogen) atoms. The fraction of sp³-hybridized carbons (Fsp3) is 0.429. The second-order valence-corrected chi connectivity index (χ2v) is 16.2. The van der Waals surface area contributed by atoms with Crippen molar-refractivity contribution in [3.8, 4) is 0 Å². The molecule has 1 aromatic heterocycles. The quantitative estimate of drug-likeness (QED) is 0.127. The Morgan fingerprint density at radius 3 is 2.08 bits per heavy atom. The highest BCUT2D eigenvalue weighted by atomic mass is 31.2. The molecule has 6 atom stereocenters. The van der Waals surface area contributed by atoms with Gasteiger partial charge in [0.1, 0.15) is 29.4 Å². The number of Topliss-reactive ketones (excluding diaryl/α,β-unsaturated/α-hetero) is 1. The van der Waals surface area contributed by atoms with Crippen LogP contribution in [0.25, 0.3) is 0 Å². The molecule has 24 heteroatoms. The van der Waals surface area contributed by atoms with Gasteiger partial charge < -0.3 is 45.0 Å². The number of carboxylic acid groups (broad SMARTS) is 1. The summed E-state index contributed by atoms with van der Waals surface area (Å²) in [5.41, 5.74) is 1.38. The molecule has 2 fully saturated rings. The third-order valence-electron chi connectivity index (χ3n) is 8.86. The maximum atomic E-state index is 15.6. The topological polar surface area (TPSA) is 291 Å². The highest BCUT2D eigenvalue weighted by Crippen LogP contribution is 2.61. The highest BCUT2D eigenvalue weighted by Gasteiger charge is 2.62. The molecule has 2 unspecified atom stereocenters. The number of rotatable bonds is 10. The molecule has 1 saturated carbocycles. The number of carbonyl (C=O) groups excluding carboxylic acids is 4. The van der Waals surface area contributed by atoms with E-state index in [0.29, 0.717) is 11.0 Å². The maximum absolute atomic E-state index is 15.6. The van der Waals surface area contributed by atoms with Crippen LogP contribution in [0, 0.1) is 35.2 Å². The van der Waals surface area contributed by atoms with E-state index in [1.54, 1.807) is 0 Å². The first kappa shape index (κ1) is 38.8. The van der Waals surface area contributed by atoms with Crippen LogP contribution in [0.15, 0.2) is 24.3 Å². The number of anilines is 3. The van der Waals surface area contributed by atoms with Crippen molar-refractivity contribution in [3.05, 3.63) is 47.3 Å². The number of aromatic nitrogens is 1. The molecule has 2 aliphatic heterocycles. The molecule has 0 radical (unpaired) electrons. The van der Waals surface area contributed by atoms with Gasteiger partial charge in [0.05, 0.1) is 17.3 Å². The average molecular weight is 779 g/mol. The van der Waals surface area contributed by atoms with E-state index >= 15 is 4.39 Å². The summed E-state index contributed by atoms with van der Waals surface area (Å²) in [6, 6.07) is -0.756. The number of nitrogens with one attached hydrogen (secondary N) is 1. The van der Waals surface area contributed by atoms with Crippen LogP contribution >= 0.6 is 15.2 Å². The fourth-order valence-corrected chi connectivity index (χ4v) is 8.31. The first-order valence-electron chi connectivity index (χ1n) is 15.2. The van der Waals surface area contributed by atoms with Crippen LogP contribution in [0.4, 0.5) is 35.3 Å². The Morgan fingerprint density at radius 2 is 1.56 bits per heavy atom. The van der Waals surface area contributed by atoms with Gasteiger partial charge in [0.2, 0.25) is 11.8 Å². The van der Waals surface area contributed by atoms with Crippen molar-refractivity contribution in [2.24, 2.45) is 23.5 Å². The Balaban J connectivity index is 1.45. The number of hydrogen-bond acceptors (Lipinski definition) is 12. The third kappa shape index (κ3) is 7.40. The SMILES string of the molecule is CC(C(=O)NC(=O)[C@H](C)N)N(C(=O)OC(P(=O)(O)O)P(=O)(O)O)[C@H]1[C@@H]2CN(c3nc4c(cc3F)C(=O)C(C(=O)O)CN4c3ccc(F)cc3F)C[C@@H]21. The van der Waals surface area contributed by atoms with E-state index in [1.165, 1.54) is 11.8 Å². The minimum Gasteiger partial charge on any atom is -0.481 e. The Labute approximate surface area is 290 Å². The lowest BCUT2D eigenvalue weighted by molar-refractivity contribution is -0.140. The van der Waals surface area contributed by atoms with Crippen molar-refractivity contribution >= 4 is 62.2 Å². The number of nitrogens with zero attached hydrogens (tertiary/aromatic N) is 4. The molecule has 2 aromatic rings. The molecule has 3 heterocycles. The van der Waals surface area contributed by atoms with E-state index in [0.717, 1.165) is 30.0 Å². The van der Waals surface area contributed by atoms with Crippen molar-refractivity contribution in [2.75, 3.05) is 29.4 Å². The van der Waals surface area contributed by atoms with Crippen molar-refractivity contribution in [1.29, 1.82) is 0 Å². The first-order valence-corrected chi connectivity index (χ1v) is 18.5. The van der Waals surface area contributed by atoms with Crippen LogP contribution in [-0.4, -0.2) is 108 Å². The number of ether oxygens (including phenoxy) is 1. The van der Waals surface area contributed by atoms with Crippen LogP contribution in [0.1, 0.15) is 24.2 Å². The maximum Gasteiger partial charge on any atom is 0.412 e. The Bertz CT molecular complexity index is 1930. The zero-order chi connectivity index (χ0) is 38.8. The summed E-state index contributed by atoms with van der Waals surface area (Å²) >= 11 is 0. The number of hydrogen-bond donors (Lipinski definition) is 7. The van der Waals surface area contributed by atoms with Gasteiger partial charge in [-0.25, -0.2) is 22.9 Å². The molecule has 1 aromatic carbocycles. The molecule has 0 bridgehead atoms. The minimum absolute atomic E-state index is 0.147. The van der Waals surface area contributed by atoms with Crippen molar-refractivity contribution in [1.82, 2.24) is 15.2 Å². The lowest BCUT2D eigenvalue weighted by Crippen LogP contribution is -2.54. The van der Waals surface area contributed by atoms with E-state index in [2.05, 4.69) is 9.72 Å². The smallest absolute Gasteiger partial charge is 0.412 e. The normalized spacial score (nSPS) is 22.3. The number of ketones is 1. The molecule has 1 saturated heterocycles. The number of piperidine rings is 1. The van der Waals surface area contributed by atoms with Gasteiger partial charge in [-0.3, -0.25) is 38.5 Å². The number of carboxylic acids is 1. The van der Waals surface area contributed by atoms with Gasteiger partial charge >= 0.3 is 32.8 Å². The molecule has 19 nitrogen and oxygen atoms in total. The number of halogens is 3. The summed E-state index contributed by atoms with van der Waals surface area (Å²) in [5, 5.41) is 11.6. The van der Waals surface area contributed by atoms with Crippen LogP contribution in [0.5, 0.6) is 0 Å². The summed E-state index contributed by atoms with van der Waals surface area (Å²) in [4.78, 5) is 108.